The minimum atomic E-state index is -0.200. The summed E-state index contributed by atoms with van der Waals surface area (Å²) in [4.78, 5) is 12.7. The van der Waals surface area contributed by atoms with Crippen molar-refractivity contribution in [2.45, 2.75) is 26.7 Å². The van der Waals surface area contributed by atoms with E-state index in [2.05, 4.69) is 14.9 Å². The quantitative estimate of drug-likeness (QED) is 0.841. The summed E-state index contributed by atoms with van der Waals surface area (Å²) in [5, 5.41) is 6.79. The lowest BCUT2D eigenvalue weighted by atomic mass is 10.2. The fourth-order valence-corrected chi connectivity index (χ4v) is 2.36. The molecular weight excluding hydrogens is 260 g/mol. The van der Waals surface area contributed by atoms with Crippen LogP contribution in [0.5, 0.6) is 0 Å². The Kier molecular flexibility index (Phi) is 4.11. The molecular formula is C13H16N4OS. The van der Waals surface area contributed by atoms with Gasteiger partial charge < -0.3 is 11.1 Å². The second-order valence-electron chi connectivity index (χ2n) is 4.34. The van der Waals surface area contributed by atoms with Gasteiger partial charge in [0.05, 0.1) is 17.1 Å². The fourth-order valence-electron chi connectivity index (χ4n) is 1.76. The average molecular weight is 276 g/mol. The van der Waals surface area contributed by atoms with Gasteiger partial charge in [-0.3, -0.25) is 4.79 Å². The molecule has 0 atom stereocenters. The third-order valence-corrected chi connectivity index (χ3v) is 3.47. The van der Waals surface area contributed by atoms with E-state index in [-0.39, 0.29) is 5.91 Å². The number of aryl methyl sites for hydroxylation is 2. The maximum absolute atomic E-state index is 12.2. The first-order valence-electron chi connectivity index (χ1n) is 6.10. The van der Waals surface area contributed by atoms with Crippen molar-refractivity contribution in [3.8, 4) is 0 Å². The highest BCUT2D eigenvalue weighted by molar-refractivity contribution is 7.08. The van der Waals surface area contributed by atoms with Gasteiger partial charge in [0, 0.05) is 0 Å². The van der Waals surface area contributed by atoms with Gasteiger partial charge in [-0.25, -0.2) is 0 Å². The van der Waals surface area contributed by atoms with E-state index in [0.29, 0.717) is 16.3 Å². The molecule has 2 rings (SSSR count). The van der Waals surface area contributed by atoms with Crippen molar-refractivity contribution in [1.29, 1.82) is 0 Å². The van der Waals surface area contributed by atoms with Crippen LogP contribution in [0.4, 0.5) is 11.4 Å². The Labute approximate surface area is 116 Å². The molecule has 0 spiro atoms. The van der Waals surface area contributed by atoms with Gasteiger partial charge in [-0.2, -0.15) is 0 Å². The summed E-state index contributed by atoms with van der Waals surface area (Å²) in [6.07, 6.45) is 1.68. The zero-order chi connectivity index (χ0) is 13.8. The molecule has 19 heavy (non-hydrogen) atoms. The summed E-state index contributed by atoms with van der Waals surface area (Å²) in [7, 11) is 0. The largest absolute Gasteiger partial charge is 0.397 e. The number of carbonyl (C=O) groups is 1. The lowest BCUT2D eigenvalue weighted by Crippen LogP contribution is -2.13. The number of rotatable bonds is 4. The van der Waals surface area contributed by atoms with E-state index in [4.69, 9.17) is 5.73 Å². The lowest BCUT2D eigenvalue weighted by molar-refractivity contribution is 0.102. The van der Waals surface area contributed by atoms with Crippen molar-refractivity contribution in [1.82, 2.24) is 9.59 Å². The van der Waals surface area contributed by atoms with Crippen molar-refractivity contribution in [3.63, 3.8) is 0 Å². The number of carbonyl (C=O) groups excluding carboxylic acids is 1. The number of nitrogens with two attached hydrogens (primary N) is 1. The molecule has 0 bridgehead atoms. The zero-order valence-corrected chi connectivity index (χ0v) is 11.8. The highest BCUT2D eigenvalue weighted by Gasteiger charge is 2.16. The predicted molar refractivity (Wildman–Crippen MR) is 77.4 cm³/mol. The molecule has 1 aromatic carbocycles. The van der Waals surface area contributed by atoms with E-state index >= 15 is 0 Å². The minimum Gasteiger partial charge on any atom is -0.397 e. The molecule has 0 radical (unpaired) electrons. The Morgan fingerprint density at radius 1 is 1.47 bits per heavy atom. The molecule has 100 valence electrons. The molecule has 0 aliphatic carbocycles. The fraction of sp³-hybridized carbons (Fsp3) is 0.308. The molecule has 5 nitrogen and oxygen atoms in total. The number of anilines is 2. The molecule has 2 aromatic rings. The second-order valence-corrected chi connectivity index (χ2v) is 5.10. The number of nitrogen functional groups attached to an aromatic ring is 1. The maximum atomic E-state index is 12.2. The first kappa shape index (κ1) is 13.5. The number of hydrogen-bond acceptors (Lipinski definition) is 5. The van der Waals surface area contributed by atoms with Crippen molar-refractivity contribution in [2.24, 2.45) is 0 Å². The van der Waals surface area contributed by atoms with E-state index in [1.165, 1.54) is 0 Å². The average Bonchev–Trinajstić information content (AvgIpc) is 2.81. The molecule has 6 heteroatoms. The summed E-state index contributed by atoms with van der Waals surface area (Å²) >= 11 is 1.11. The minimum absolute atomic E-state index is 0.200. The van der Waals surface area contributed by atoms with Crippen LogP contribution in [0.25, 0.3) is 0 Å². The molecule has 0 saturated carbocycles. The Morgan fingerprint density at radius 2 is 2.26 bits per heavy atom. The molecule has 0 aliphatic rings. The standard InChI is InChI=1S/C13H16N4OS/c1-3-4-11-12(19-17-16-11)13(18)15-10-6-5-8(2)7-9(10)14/h5-7H,3-4,14H2,1-2H3,(H,15,18). The summed E-state index contributed by atoms with van der Waals surface area (Å²) in [6.45, 7) is 3.99. The van der Waals surface area contributed by atoms with Crippen molar-refractivity contribution < 1.29 is 4.79 Å². The van der Waals surface area contributed by atoms with Crippen LogP contribution in [0.2, 0.25) is 0 Å². The topological polar surface area (TPSA) is 80.9 Å². The maximum Gasteiger partial charge on any atom is 0.269 e. The van der Waals surface area contributed by atoms with Crippen LogP contribution in [-0.4, -0.2) is 15.5 Å². The number of amides is 1. The van der Waals surface area contributed by atoms with Crippen LogP contribution in [0, 0.1) is 6.92 Å². The van der Waals surface area contributed by atoms with Crippen molar-refractivity contribution in [2.75, 3.05) is 11.1 Å². The second kappa shape index (κ2) is 5.79. The van der Waals surface area contributed by atoms with Crippen LogP contribution in [0.15, 0.2) is 18.2 Å². The number of aromatic nitrogens is 2. The summed E-state index contributed by atoms with van der Waals surface area (Å²) < 4.78 is 3.84. The molecule has 0 aliphatic heterocycles. The highest BCUT2D eigenvalue weighted by Crippen LogP contribution is 2.21. The van der Waals surface area contributed by atoms with E-state index in [9.17, 15) is 4.79 Å². The van der Waals surface area contributed by atoms with Crippen LogP contribution in [0.1, 0.15) is 34.3 Å². The number of nitrogens with zero attached hydrogens (tertiary/aromatic N) is 2. The number of nitrogens with one attached hydrogen (secondary N) is 1. The van der Waals surface area contributed by atoms with Gasteiger partial charge in [0.25, 0.3) is 5.91 Å². The Hall–Kier alpha value is -1.95. The van der Waals surface area contributed by atoms with Crippen LogP contribution < -0.4 is 11.1 Å². The first-order valence-corrected chi connectivity index (χ1v) is 6.88. The van der Waals surface area contributed by atoms with E-state index in [0.717, 1.165) is 35.6 Å². The number of hydrogen-bond donors (Lipinski definition) is 2. The van der Waals surface area contributed by atoms with E-state index in [1.54, 1.807) is 6.07 Å². The third-order valence-electron chi connectivity index (χ3n) is 2.70. The predicted octanol–water partition coefficient (Wildman–Crippen LogP) is 2.63. The lowest BCUT2D eigenvalue weighted by Gasteiger charge is -2.08. The molecule has 1 aromatic heterocycles. The molecule has 0 fully saturated rings. The van der Waals surface area contributed by atoms with Gasteiger partial charge in [-0.15, -0.1) is 5.10 Å². The molecule has 1 heterocycles. The van der Waals surface area contributed by atoms with Gasteiger partial charge >= 0.3 is 0 Å². The van der Waals surface area contributed by atoms with Gasteiger partial charge in [-0.05, 0) is 42.6 Å². The van der Waals surface area contributed by atoms with Crippen molar-refractivity contribution >= 4 is 28.8 Å². The van der Waals surface area contributed by atoms with Gasteiger partial charge in [-0.1, -0.05) is 23.9 Å². The molecule has 3 N–H and O–H groups in total. The van der Waals surface area contributed by atoms with Crippen LogP contribution in [-0.2, 0) is 6.42 Å². The van der Waals surface area contributed by atoms with Gasteiger partial charge in [0.1, 0.15) is 4.88 Å². The number of benzene rings is 1. The molecule has 1 amide bonds. The molecule has 0 unspecified atom stereocenters. The van der Waals surface area contributed by atoms with Gasteiger partial charge in [0.2, 0.25) is 0 Å². The summed E-state index contributed by atoms with van der Waals surface area (Å²) in [5.41, 5.74) is 8.86. The molecule has 0 saturated heterocycles. The Morgan fingerprint density at radius 3 is 2.95 bits per heavy atom. The SMILES string of the molecule is CCCc1nnsc1C(=O)Nc1ccc(C)cc1N. The monoisotopic (exact) mass is 276 g/mol. The van der Waals surface area contributed by atoms with E-state index in [1.807, 2.05) is 26.0 Å². The Balaban J connectivity index is 2.18. The third kappa shape index (κ3) is 3.08. The van der Waals surface area contributed by atoms with Crippen LogP contribution >= 0.6 is 11.5 Å². The zero-order valence-electron chi connectivity index (χ0n) is 10.9. The van der Waals surface area contributed by atoms with Crippen molar-refractivity contribution in [3.05, 3.63) is 34.3 Å². The van der Waals surface area contributed by atoms with E-state index < -0.39 is 0 Å². The summed E-state index contributed by atoms with van der Waals surface area (Å²) in [6, 6.07) is 5.54. The first-order chi connectivity index (χ1) is 9.11. The summed E-state index contributed by atoms with van der Waals surface area (Å²) in [5.74, 6) is -0.200. The van der Waals surface area contributed by atoms with Crippen LogP contribution in [0.3, 0.4) is 0 Å². The Bertz CT molecular complexity index is 594. The normalized spacial score (nSPS) is 10.4. The smallest absolute Gasteiger partial charge is 0.269 e. The van der Waals surface area contributed by atoms with Gasteiger partial charge in [0.15, 0.2) is 0 Å². The highest BCUT2D eigenvalue weighted by atomic mass is 32.1.